The van der Waals surface area contributed by atoms with Gasteiger partial charge in [-0.3, -0.25) is 0 Å². The van der Waals surface area contributed by atoms with Gasteiger partial charge in [-0.25, -0.2) is 16.8 Å². The molecule has 0 N–H and O–H groups in total. The molecule has 0 radical (unpaired) electrons. The molecule has 0 fully saturated rings. The molecule has 25 heavy (non-hydrogen) atoms. The predicted molar refractivity (Wildman–Crippen MR) is 68.0 cm³/mol. The van der Waals surface area contributed by atoms with E-state index >= 15 is 0 Å². The first kappa shape index (κ1) is 21.2. The summed E-state index contributed by atoms with van der Waals surface area (Å²) in [6.45, 7) is -0.612. The quantitative estimate of drug-likeness (QED) is 0.419. The van der Waals surface area contributed by atoms with Crippen molar-refractivity contribution >= 4 is 19.7 Å². The first-order chi connectivity index (χ1) is 11.2. The second-order valence-electron chi connectivity index (χ2n) is 4.53. The lowest BCUT2D eigenvalue weighted by Crippen LogP contribution is -2.45. The van der Waals surface area contributed by atoms with Crippen LogP contribution in [0.4, 0.5) is 26.3 Å². The molecule has 0 spiro atoms. The van der Waals surface area contributed by atoms with Crippen LogP contribution in [0, 0.1) is 11.3 Å². The van der Waals surface area contributed by atoms with Gasteiger partial charge >= 0.3 is 25.9 Å². The van der Waals surface area contributed by atoms with E-state index in [2.05, 4.69) is 0 Å². The number of pyridine rings is 1. The number of aromatic nitrogens is 1. The lowest BCUT2D eigenvalue weighted by atomic mass is 10.3. The normalized spacial score (nSPS) is 13.5. The molecule has 0 saturated heterocycles. The van der Waals surface area contributed by atoms with E-state index in [4.69, 9.17) is 5.26 Å². The van der Waals surface area contributed by atoms with E-state index in [9.17, 15) is 43.2 Å². The van der Waals surface area contributed by atoms with Crippen LogP contribution in [0.5, 0.6) is 0 Å². The van der Waals surface area contributed by atoms with Crippen LogP contribution in [0.3, 0.4) is 0 Å². The number of hydrogen-bond acceptors (Lipinski definition) is 5. The number of nitriles is 1. The molecule has 0 unspecified atom stereocenters. The molecule has 0 atom stereocenters. The van der Waals surface area contributed by atoms with E-state index in [1.807, 2.05) is 0 Å². The van der Waals surface area contributed by atoms with Gasteiger partial charge in [0.25, 0.3) is 9.84 Å². The summed E-state index contributed by atoms with van der Waals surface area (Å²) in [4.78, 5) is -2.03. The highest BCUT2D eigenvalue weighted by Crippen LogP contribution is 2.37. The van der Waals surface area contributed by atoms with Crippen molar-refractivity contribution in [2.24, 2.45) is 0 Å². The standard InChI is InChI=1S/C11H9F6N2O4S2/c12-10(13,14)24(20,21)8-4-3-7-19(6-2-1-5-18)9(8)25(22,23)11(15,16)17/h3-4,7H,1-2,6H2/q+1. The maximum Gasteiger partial charge on any atom is 0.507 e. The molecule has 1 heterocycles. The lowest BCUT2D eigenvalue weighted by Gasteiger charge is -2.13. The van der Waals surface area contributed by atoms with Crippen LogP contribution in [0.1, 0.15) is 12.8 Å². The number of sulfone groups is 2. The summed E-state index contributed by atoms with van der Waals surface area (Å²) in [7, 11) is -12.8. The summed E-state index contributed by atoms with van der Waals surface area (Å²) in [6.07, 6.45) is 0.233. The predicted octanol–water partition coefficient (Wildman–Crippen LogP) is 1.86. The van der Waals surface area contributed by atoms with Gasteiger partial charge in [0, 0.05) is 18.9 Å². The molecule has 0 amide bonds. The number of unbranched alkanes of at least 4 members (excludes halogenated alkanes) is 1. The summed E-state index contributed by atoms with van der Waals surface area (Å²) < 4.78 is 123. The summed E-state index contributed by atoms with van der Waals surface area (Å²) in [5.74, 6) is 0. The zero-order chi connectivity index (χ0) is 19.7. The van der Waals surface area contributed by atoms with Crippen molar-refractivity contribution < 1.29 is 47.7 Å². The largest absolute Gasteiger partial charge is 0.507 e. The maximum absolute atomic E-state index is 12.8. The Balaban J connectivity index is 3.83. The number of hydrogen-bond donors (Lipinski definition) is 0. The summed E-state index contributed by atoms with van der Waals surface area (Å²) in [5.41, 5.74) is -12.0. The zero-order valence-electron chi connectivity index (χ0n) is 12.0. The van der Waals surface area contributed by atoms with Gasteiger partial charge in [-0.1, -0.05) is 0 Å². The van der Waals surface area contributed by atoms with Crippen molar-refractivity contribution in [3.8, 4) is 6.07 Å². The van der Waals surface area contributed by atoms with Crippen molar-refractivity contribution in [1.29, 1.82) is 5.26 Å². The number of rotatable bonds is 5. The number of alkyl halides is 6. The van der Waals surface area contributed by atoms with E-state index in [0.717, 1.165) is 0 Å². The molecule has 6 nitrogen and oxygen atoms in total. The SMILES string of the molecule is N#CCCC[n+]1cccc(S(=O)(=O)C(F)(F)F)c1S(=O)(=O)C(F)(F)F. The van der Waals surface area contributed by atoms with Crippen LogP contribution >= 0.6 is 0 Å². The third-order valence-corrected chi connectivity index (χ3v) is 6.05. The van der Waals surface area contributed by atoms with Crippen LogP contribution in [-0.4, -0.2) is 27.9 Å². The molecular weight excluding hydrogens is 402 g/mol. The third-order valence-electron chi connectivity index (χ3n) is 2.83. The Morgan fingerprint density at radius 1 is 1.00 bits per heavy atom. The molecule has 0 bridgehead atoms. The molecule has 0 saturated carbocycles. The van der Waals surface area contributed by atoms with Gasteiger partial charge in [-0.2, -0.15) is 36.2 Å². The second-order valence-corrected chi connectivity index (χ2v) is 8.30. The molecule has 0 aromatic carbocycles. The summed E-state index contributed by atoms with van der Waals surface area (Å²) >= 11 is 0. The topological polar surface area (TPSA) is 95.9 Å². The number of nitrogens with zero attached hydrogens (tertiary/aromatic N) is 2. The Morgan fingerprint density at radius 3 is 1.96 bits per heavy atom. The van der Waals surface area contributed by atoms with Crippen LogP contribution in [-0.2, 0) is 26.2 Å². The van der Waals surface area contributed by atoms with Gasteiger partial charge in [0.2, 0.25) is 0 Å². The van der Waals surface area contributed by atoms with Gasteiger partial charge < -0.3 is 0 Å². The Kier molecular flexibility index (Phi) is 5.75. The molecule has 0 aliphatic carbocycles. The summed E-state index contributed by atoms with van der Waals surface area (Å²) in [6, 6.07) is 2.41. The minimum absolute atomic E-state index is 0.127. The molecule has 0 aliphatic heterocycles. The van der Waals surface area contributed by atoms with Crippen LogP contribution in [0.25, 0.3) is 0 Å². The van der Waals surface area contributed by atoms with Crippen molar-refractivity contribution in [1.82, 2.24) is 0 Å². The number of halogens is 6. The smallest absolute Gasteiger partial charge is 0.214 e. The zero-order valence-corrected chi connectivity index (χ0v) is 13.6. The molecule has 1 aromatic rings. The number of aryl methyl sites for hydroxylation is 1. The van der Waals surface area contributed by atoms with Crippen molar-refractivity contribution in [2.75, 3.05) is 0 Å². The third kappa shape index (κ3) is 4.03. The van der Waals surface area contributed by atoms with E-state index in [-0.39, 0.29) is 23.5 Å². The monoisotopic (exact) mass is 411 g/mol. The van der Waals surface area contributed by atoms with Crippen molar-refractivity contribution in [3.63, 3.8) is 0 Å². The van der Waals surface area contributed by atoms with Crippen LogP contribution < -0.4 is 4.57 Å². The highest BCUT2D eigenvalue weighted by atomic mass is 32.2. The molecule has 1 rings (SSSR count). The average Bonchev–Trinajstić information content (AvgIpc) is 2.44. The Hall–Kier alpha value is -1.88. The lowest BCUT2D eigenvalue weighted by molar-refractivity contribution is -0.736. The van der Waals surface area contributed by atoms with Gasteiger partial charge in [0.05, 0.1) is 6.07 Å². The molecule has 140 valence electrons. The highest BCUT2D eigenvalue weighted by molar-refractivity contribution is 7.95. The fraction of sp³-hybridized carbons (Fsp3) is 0.455. The Labute approximate surface area is 138 Å². The fourth-order valence-electron chi connectivity index (χ4n) is 1.74. The minimum atomic E-state index is -6.42. The second kappa shape index (κ2) is 6.79. The van der Waals surface area contributed by atoms with E-state index < -0.39 is 47.2 Å². The average molecular weight is 411 g/mol. The van der Waals surface area contributed by atoms with Gasteiger partial charge in [0.15, 0.2) is 17.6 Å². The van der Waals surface area contributed by atoms with E-state index in [0.29, 0.717) is 12.3 Å². The minimum Gasteiger partial charge on any atom is -0.214 e. The van der Waals surface area contributed by atoms with Gasteiger partial charge in [-0.15, -0.1) is 0 Å². The van der Waals surface area contributed by atoms with Gasteiger partial charge in [-0.05, 0) is 6.07 Å². The Morgan fingerprint density at radius 2 is 1.52 bits per heavy atom. The molecule has 0 aliphatic rings. The first-order valence-corrected chi connectivity index (χ1v) is 9.16. The van der Waals surface area contributed by atoms with Crippen LogP contribution in [0.2, 0.25) is 0 Å². The van der Waals surface area contributed by atoms with Crippen molar-refractivity contribution in [2.45, 2.75) is 40.3 Å². The fourth-order valence-corrected chi connectivity index (χ4v) is 4.27. The molecule has 14 heteroatoms. The maximum atomic E-state index is 12.8. The Bertz CT molecular complexity index is 898. The van der Waals surface area contributed by atoms with Gasteiger partial charge in [0.1, 0.15) is 0 Å². The molecular formula is C11H9F6N2O4S2+. The van der Waals surface area contributed by atoms with Crippen molar-refractivity contribution in [3.05, 3.63) is 18.3 Å². The first-order valence-electron chi connectivity index (χ1n) is 6.20. The van der Waals surface area contributed by atoms with E-state index in [1.54, 1.807) is 6.07 Å². The highest BCUT2D eigenvalue weighted by Gasteiger charge is 2.58. The molecule has 1 aromatic heterocycles. The summed E-state index contributed by atoms with van der Waals surface area (Å²) in [5, 5.41) is 6.35. The van der Waals surface area contributed by atoms with Crippen LogP contribution in [0.15, 0.2) is 28.3 Å². The van der Waals surface area contributed by atoms with E-state index in [1.165, 1.54) is 0 Å².